The Morgan fingerprint density at radius 3 is 2.40 bits per heavy atom. The number of carbonyl (C=O) groups excluding carboxylic acids is 1. The van der Waals surface area contributed by atoms with Gasteiger partial charge in [0.05, 0.1) is 26.9 Å². The number of aryl methyl sites for hydroxylation is 1. The van der Waals surface area contributed by atoms with E-state index in [1.54, 1.807) is 25.1 Å². The van der Waals surface area contributed by atoms with Crippen molar-refractivity contribution < 1.29 is 28.8 Å². The molecule has 0 unspecified atom stereocenters. The van der Waals surface area contributed by atoms with Crippen LogP contribution in [0.25, 0.3) is 6.08 Å². The number of hydrogen-bond donors (Lipinski definition) is 1. The number of ether oxygens (including phenoxy) is 4. The average Bonchev–Trinajstić information content (AvgIpc) is 2.89. The maximum atomic E-state index is 12.6. The van der Waals surface area contributed by atoms with Crippen molar-refractivity contribution in [1.82, 2.24) is 0 Å². The number of fused-ring (bicyclic) bond motifs is 1. The Morgan fingerprint density at radius 2 is 1.76 bits per heavy atom. The predicted molar refractivity (Wildman–Crippen MR) is 91.9 cm³/mol. The Kier molecular flexibility index (Phi) is 4.27. The fourth-order valence-corrected chi connectivity index (χ4v) is 2.87. The highest BCUT2D eigenvalue weighted by Gasteiger charge is 2.30. The first-order chi connectivity index (χ1) is 12.0. The zero-order valence-electron chi connectivity index (χ0n) is 14.4. The van der Waals surface area contributed by atoms with Crippen molar-refractivity contribution in [3.05, 3.63) is 46.7 Å². The van der Waals surface area contributed by atoms with Crippen LogP contribution in [0.2, 0.25) is 0 Å². The van der Waals surface area contributed by atoms with Crippen molar-refractivity contribution in [2.45, 2.75) is 6.92 Å². The molecule has 1 aliphatic heterocycles. The highest BCUT2D eigenvalue weighted by atomic mass is 16.5. The van der Waals surface area contributed by atoms with E-state index >= 15 is 0 Å². The van der Waals surface area contributed by atoms with Crippen LogP contribution in [0.3, 0.4) is 0 Å². The average molecular weight is 342 g/mol. The summed E-state index contributed by atoms with van der Waals surface area (Å²) < 4.78 is 21.7. The minimum atomic E-state index is -0.246. The van der Waals surface area contributed by atoms with Crippen molar-refractivity contribution in [2.24, 2.45) is 0 Å². The molecule has 2 aromatic carbocycles. The smallest absolute Gasteiger partial charge is 0.232 e. The van der Waals surface area contributed by atoms with E-state index in [1.807, 2.05) is 0 Å². The van der Waals surface area contributed by atoms with Gasteiger partial charge in [0.2, 0.25) is 11.5 Å². The minimum Gasteiger partial charge on any atom is -0.508 e. The van der Waals surface area contributed by atoms with Crippen LogP contribution in [0.4, 0.5) is 0 Å². The van der Waals surface area contributed by atoms with E-state index in [0.29, 0.717) is 39.7 Å². The summed E-state index contributed by atoms with van der Waals surface area (Å²) in [5, 5.41) is 9.69. The number of rotatable bonds is 4. The molecule has 0 radical (unpaired) electrons. The van der Waals surface area contributed by atoms with Crippen LogP contribution in [0.5, 0.6) is 28.7 Å². The van der Waals surface area contributed by atoms with Gasteiger partial charge in [-0.3, -0.25) is 4.79 Å². The standard InChI is InChI=1S/C19H18O6/c1-10-7-12(20)9-14-16(10)17(21)15(25-14)8-11-5-6-13(22-2)19(24-4)18(11)23-3/h5-9,20H,1-4H3. The second kappa shape index (κ2) is 6.39. The topological polar surface area (TPSA) is 74.2 Å². The molecule has 0 aliphatic carbocycles. The van der Waals surface area contributed by atoms with E-state index in [1.165, 1.54) is 33.5 Å². The highest BCUT2D eigenvalue weighted by Crippen LogP contribution is 2.42. The van der Waals surface area contributed by atoms with E-state index in [2.05, 4.69) is 0 Å². The molecule has 0 amide bonds. The van der Waals surface area contributed by atoms with Gasteiger partial charge in [0.15, 0.2) is 17.3 Å². The van der Waals surface area contributed by atoms with Gasteiger partial charge in [-0.25, -0.2) is 0 Å². The second-order valence-corrected chi connectivity index (χ2v) is 5.50. The zero-order chi connectivity index (χ0) is 18.1. The van der Waals surface area contributed by atoms with Gasteiger partial charge in [0.25, 0.3) is 0 Å². The van der Waals surface area contributed by atoms with Gasteiger partial charge in [-0.2, -0.15) is 0 Å². The van der Waals surface area contributed by atoms with E-state index < -0.39 is 0 Å². The lowest BCUT2D eigenvalue weighted by Gasteiger charge is -2.14. The lowest BCUT2D eigenvalue weighted by molar-refractivity contribution is 0.101. The van der Waals surface area contributed by atoms with Gasteiger partial charge < -0.3 is 24.1 Å². The molecule has 0 saturated carbocycles. The number of allylic oxidation sites excluding steroid dienone is 1. The van der Waals surface area contributed by atoms with Gasteiger partial charge in [0.1, 0.15) is 11.5 Å². The highest BCUT2D eigenvalue weighted by molar-refractivity contribution is 6.15. The summed E-state index contributed by atoms with van der Waals surface area (Å²) in [6.45, 7) is 1.75. The molecule has 3 rings (SSSR count). The van der Waals surface area contributed by atoms with Crippen molar-refractivity contribution in [3.8, 4) is 28.7 Å². The van der Waals surface area contributed by atoms with Gasteiger partial charge in [-0.1, -0.05) is 0 Å². The van der Waals surface area contributed by atoms with Crippen molar-refractivity contribution in [1.29, 1.82) is 0 Å². The Balaban J connectivity index is 2.08. The Bertz CT molecular complexity index is 882. The van der Waals surface area contributed by atoms with Gasteiger partial charge in [-0.05, 0) is 36.8 Å². The fraction of sp³-hybridized carbons (Fsp3) is 0.211. The maximum Gasteiger partial charge on any atom is 0.232 e. The number of methoxy groups -OCH3 is 3. The van der Waals surface area contributed by atoms with Crippen LogP contribution in [-0.2, 0) is 0 Å². The number of benzene rings is 2. The molecule has 0 saturated heterocycles. The molecular weight excluding hydrogens is 324 g/mol. The van der Waals surface area contributed by atoms with Crippen LogP contribution in [-0.4, -0.2) is 32.2 Å². The summed E-state index contributed by atoms with van der Waals surface area (Å²) in [5.41, 5.74) is 1.71. The second-order valence-electron chi connectivity index (χ2n) is 5.50. The first kappa shape index (κ1) is 16.7. The normalized spacial score (nSPS) is 14.2. The predicted octanol–water partition coefficient (Wildman–Crippen LogP) is 3.34. The number of Topliss-reactive ketones (excluding diaryl/α,β-unsaturated/α-hetero) is 1. The number of aromatic hydroxyl groups is 1. The third-order valence-corrected chi connectivity index (χ3v) is 3.98. The van der Waals surface area contributed by atoms with Crippen LogP contribution < -0.4 is 18.9 Å². The molecule has 25 heavy (non-hydrogen) atoms. The van der Waals surface area contributed by atoms with Gasteiger partial charge in [-0.15, -0.1) is 0 Å². The molecule has 0 aromatic heterocycles. The number of ketones is 1. The molecule has 6 heteroatoms. The summed E-state index contributed by atoms with van der Waals surface area (Å²) in [5.74, 6) is 1.67. The van der Waals surface area contributed by atoms with Crippen molar-refractivity contribution in [2.75, 3.05) is 21.3 Å². The Hall–Kier alpha value is -3.15. The van der Waals surface area contributed by atoms with E-state index in [0.717, 1.165) is 0 Å². The Labute approximate surface area is 145 Å². The molecule has 0 atom stereocenters. The lowest BCUT2D eigenvalue weighted by atomic mass is 10.0. The number of carbonyl (C=O) groups is 1. The van der Waals surface area contributed by atoms with E-state index in [9.17, 15) is 9.90 Å². The molecule has 6 nitrogen and oxygen atoms in total. The Morgan fingerprint density at radius 1 is 1.04 bits per heavy atom. The SMILES string of the molecule is COc1ccc(C=C2Oc3cc(O)cc(C)c3C2=O)c(OC)c1OC. The first-order valence-corrected chi connectivity index (χ1v) is 7.57. The fourth-order valence-electron chi connectivity index (χ4n) is 2.87. The molecular formula is C19H18O6. The van der Waals surface area contributed by atoms with Gasteiger partial charge >= 0.3 is 0 Å². The van der Waals surface area contributed by atoms with Crippen LogP contribution >= 0.6 is 0 Å². The maximum absolute atomic E-state index is 12.6. The molecule has 2 aromatic rings. The summed E-state index contributed by atoms with van der Waals surface area (Å²) in [6.07, 6.45) is 1.58. The summed E-state index contributed by atoms with van der Waals surface area (Å²) in [7, 11) is 4.55. The minimum absolute atomic E-state index is 0.0500. The molecule has 1 N–H and O–H groups in total. The molecule has 0 fully saturated rings. The van der Waals surface area contributed by atoms with E-state index in [-0.39, 0.29) is 17.3 Å². The number of phenols is 1. The third kappa shape index (κ3) is 2.76. The third-order valence-electron chi connectivity index (χ3n) is 3.98. The quantitative estimate of drug-likeness (QED) is 0.859. The van der Waals surface area contributed by atoms with Crippen molar-refractivity contribution in [3.63, 3.8) is 0 Å². The zero-order valence-corrected chi connectivity index (χ0v) is 14.4. The van der Waals surface area contributed by atoms with E-state index in [4.69, 9.17) is 18.9 Å². The lowest BCUT2D eigenvalue weighted by Crippen LogP contribution is -2.01. The monoisotopic (exact) mass is 342 g/mol. The first-order valence-electron chi connectivity index (χ1n) is 7.57. The molecule has 130 valence electrons. The molecule has 0 spiro atoms. The van der Waals surface area contributed by atoms with Gasteiger partial charge in [0, 0.05) is 11.6 Å². The van der Waals surface area contributed by atoms with Crippen LogP contribution in [0.15, 0.2) is 30.0 Å². The van der Waals surface area contributed by atoms with Crippen LogP contribution in [0, 0.1) is 6.92 Å². The summed E-state index contributed by atoms with van der Waals surface area (Å²) in [6, 6.07) is 6.42. The largest absolute Gasteiger partial charge is 0.508 e. The number of hydrogen-bond acceptors (Lipinski definition) is 6. The summed E-state index contributed by atoms with van der Waals surface area (Å²) in [4.78, 5) is 12.6. The summed E-state index contributed by atoms with van der Waals surface area (Å²) >= 11 is 0. The number of phenolic OH excluding ortho intramolecular Hbond substituents is 1. The van der Waals surface area contributed by atoms with Crippen LogP contribution in [0.1, 0.15) is 21.5 Å². The molecule has 1 heterocycles. The molecule has 1 aliphatic rings. The molecule has 0 bridgehead atoms. The van der Waals surface area contributed by atoms with Crippen molar-refractivity contribution >= 4 is 11.9 Å².